The molecule has 28 heavy (non-hydrogen) atoms. The molecule has 2 aliphatic heterocycles. The fraction of sp³-hybridized carbons (Fsp3) is 0.500. The van der Waals surface area contributed by atoms with Crippen LogP contribution in [0.5, 0.6) is 0 Å². The number of amides is 1. The lowest BCUT2D eigenvalue weighted by Crippen LogP contribution is -2.29. The van der Waals surface area contributed by atoms with Gasteiger partial charge >= 0.3 is 0 Å². The predicted octanol–water partition coefficient (Wildman–Crippen LogP) is 4.10. The summed E-state index contributed by atoms with van der Waals surface area (Å²) in [5.41, 5.74) is 2.43. The van der Waals surface area contributed by atoms with E-state index in [4.69, 9.17) is 0 Å². The minimum absolute atomic E-state index is 0.191. The maximum Gasteiger partial charge on any atom is 0.274 e. The Kier molecular flexibility index (Phi) is 6.04. The van der Waals surface area contributed by atoms with E-state index in [1.54, 1.807) is 12.3 Å². The lowest BCUT2D eigenvalue weighted by atomic mass is 10.1. The van der Waals surface area contributed by atoms with Crippen LogP contribution in [0.4, 0.5) is 17.3 Å². The maximum absolute atomic E-state index is 12.7. The molecule has 0 spiro atoms. The molecule has 4 rings (SSSR count). The van der Waals surface area contributed by atoms with Crippen molar-refractivity contribution < 1.29 is 4.79 Å². The summed E-state index contributed by atoms with van der Waals surface area (Å²) in [6.45, 7) is 4.16. The van der Waals surface area contributed by atoms with Crippen LogP contribution in [-0.4, -0.2) is 42.1 Å². The first-order valence-corrected chi connectivity index (χ1v) is 10.5. The van der Waals surface area contributed by atoms with E-state index in [1.807, 2.05) is 12.1 Å². The first kappa shape index (κ1) is 18.7. The molecule has 2 fully saturated rings. The first-order chi connectivity index (χ1) is 13.8. The van der Waals surface area contributed by atoms with Crippen molar-refractivity contribution in [2.45, 2.75) is 44.9 Å². The Labute approximate surface area is 167 Å². The first-order valence-electron chi connectivity index (χ1n) is 10.5. The van der Waals surface area contributed by atoms with Gasteiger partial charge in [-0.15, -0.1) is 0 Å². The van der Waals surface area contributed by atoms with Crippen LogP contribution in [0.1, 0.15) is 55.4 Å². The molecule has 0 saturated carbocycles. The molecular formula is C22H29N5O. The van der Waals surface area contributed by atoms with E-state index in [0.29, 0.717) is 11.6 Å². The Bertz CT molecular complexity index is 778. The number of nitrogens with zero attached hydrogens (tertiary/aromatic N) is 4. The number of nitrogens with one attached hydrogen (secondary N) is 1. The van der Waals surface area contributed by atoms with Crippen molar-refractivity contribution in [2.24, 2.45) is 0 Å². The zero-order valence-corrected chi connectivity index (χ0v) is 16.4. The molecule has 2 aliphatic rings. The number of hydrogen-bond donors (Lipinski definition) is 1. The maximum atomic E-state index is 12.7. The van der Waals surface area contributed by atoms with E-state index in [1.165, 1.54) is 37.8 Å². The Morgan fingerprint density at radius 3 is 2.07 bits per heavy atom. The molecule has 0 atom stereocenters. The summed E-state index contributed by atoms with van der Waals surface area (Å²) >= 11 is 0. The number of benzene rings is 1. The molecule has 0 aliphatic carbocycles. The largest absolute Gasteiger partial charge is 0.372 e. The second-order valence-electron chi connectivity index (χ2n) is 7.69. The Morgan fingerprint density at radius 1 is 0.786 bits per heavy atom. The van der Waals surface area contributed by atoms with Crippen LogP contribution >= 0.6 is 0 Å². The normalized spacial score (nSPS) is 17.9. The number of anilines is 3. The van der Waals surface area contributed by atoms with Crippen molar-refractivity contribution in [2.75, 3.05) is 41.3 Å². The van der Waals surface area contributed by atoms with Gasteiger partial charge in [0.1, 0.15) is 5.69 Å². The second kappa shape index (κ2) is 9.04. The monoisotopic (exact) mass is 379 g/mol. The Balaban J connectivity index is 1.41. The molecule has 1 aromatic carbocycles. The van der Waals surface area contributed by atoms with Crippen LogP contribution in [0.3, 0.4) is 0 Å². The van der Waals surface area contributed by atoms with Gasteiger partial charge in [0.05, 0.1) is 0 Å². The standard InChI is InChI=1S/C22H29N5O/c28-21(20-12-13-23-22(25-20)27-16-4-1-2-5-17-27)24-18-8-10-19(11-9-18)26-14-6-3-7-15-26/h8-13H,1-7,14-17H2,(H,24,28). The highest BCUT2D eigenvalue weighted by Gasteiger charge is 2.16. The van der Waals surface area contributed by atoms with Crippen LogP contribution < -0.4 is 15.1 Å². The predicted molar refractivity (Wildman–Crippen MR) is 113 cm³/mol. The van der Waals surface area contributed by atoms with Gasteiger partial charge in [-0.3, -0.25) is 4.79 Å². The van der Waals surface area contributed by atoms with Gasteiger partial charge in [-0.2, -0.15) is 0 Å². The van der Waals surface area contributed by atoms with Gasteiger partial charge in [-0.25, -0.2) is 9.97 Å². The zero-order valence-electron chi connectivity index (χ0n) is 16.4. The molecular weight excluding hydrogens is 350 g/mol. The summed E-state index contributed by atoms with van der Waals surface area (Å²) < 4.78 is 0. The van der Waals surface area contributed by atoms with E-state index in [0.717, 1.165) is 44.7 Å². The van der Waals surface area contributed by atoms with Gasteiger partial charge in [-0.1, -0.05) is 12.8 Å². The highest BCUT2D eigenvalue weighted by Crippen LogP contribution is 2.22. The van der Waals surface area contributed by atoms with E-state index in [2.05, 4.69) is 37.2 Å². The third-order valence-electron chi connectivity index (χ3n) is 5.61. The van der Waals surface area contributed by atoms with Crippen LogP contribution in [0.15, 0.2) is 36.5 Å². The average Bonchev–Trinajstić information content (AvgIpc) is 3.05. The molecule has 1 amide bonds. The fourth-order valence-corrected chi connectivity index (χ4v) is 4.00. The van der Waals surface area contributed by atoms with Crippen molar-refractivity contribution in [1.82, 2.24) is 9.97 Å². The lowest BCUT2D eigenvalue weighted by Gasteiger charge is -2.28. The van der Waals surface area contributed by atoms with Gasteiger partial charge in [-0.05, 0) is 62.4 Å². The van der Waals surface area contributed by atoms with E-state index in [-0.39, 0.29) is 5.91 Å². The molecule has 3 heterocycles. The molecule has 0 radical (unpaired) electrons. The highest BCUT2D eigenvalue weighted by molar-refractivity contribution is 6.03. The SMILES string of the molecule is O=C(Nc1ccc(N2CCCCC2)cc1)c1ccnc(N2CCCCCC2)n1. The van der Waals surface area contributed by atoms with Crippen LogP contribution in [0, 0.1) is 0 Å². The molecule has 148 valence electrons. The molecule has 6 nitrogen and oxygen atoms in total. The second-order valence-corrected chi connectivity index (χ2v) is 7.69. The summed E-state index contributed by atoms with van der Waals surface area (Å²) in [6, 6.07) is 9.80. The number of carbonyl (C=O) groups excluding carboxylic acids is 1. The summed E-state index contributed by atoms with van der Waals surface area (Å²) in [4.78, 5) is 26.2. The molecule has 1 aromatic heterocycles. The smallest absolute Gasteiger partial charge is 0.274 e. The van der Waals surface area contributed by atoms with E-state index >= 15 is 0 Å². The van der Waals surface area contributed by atoms with Crippen LogP contribution in [-0.2, 0) is 0 Å². The summed E-state index contributed by atoms with van der Waals surface area (Å²) in [7, 11) is 0. The Morgan fingerprint density at radius 2 is 1.39 bits per heavy atom. The number of aromatic nitrogens is 2. The summed E-state index contributed by atoms with van der Waals surface area (Å²) in [5, 5.41) is 2.96. The number of hydrogen-bond acceptors (Lipinski definition) is 5. The number of rotatable bonds is 4. The van der Waals surface area contributed by atoms with E-state index in [9.17, 15) is 4.79 Å². The Hall–Kier alpha value is -2.63. The van der Waals surface area contributed by atoms with Crippen molar-refractivity contribution >= 4 is 23.2 Å². The van der Waals surface area contributed by atoms with Gasteiger partial charge < -0.3 is 15.1 Å². The molecule has 0 unspecified atom stereocenters. The zero-order chi connectivity index (χ0) is 19.2. The molecule has 2 aromatic rings. The minimum Gasteiger partial charge on any atom is -0.372 e. The topological polar surface area (TPSA) is 61.4 Å². The third kappa shape index (κ3) is 4.61. The van der Waals surface area contributed by atoms with Crippen molar-refractivity contribution in [3.8, 4) is 0 Å². The van der Waals surface area contributed by atoms with Crippen LogP contribution in [0.2, 0.25) is 0 Å². The third-order valence-corrected chi connectivity index (χ3v) is 5.61. The van der Waals surface area contributed by atoms with Crippen molar-refractivity contribution in [1.29, 1.82) is 0 Å². The van der Waals surface area contributed by atoms with Gasteiger partial charge in [0.2, 0.25) is 5.95 Å². The molecule has 2 saturated heterocycles. The molecule has 1 N–H and O–H groups in total. The average molecular weight is 380 g/mol. The minimum atomic E-state index is -0.191. The lowest BCUT2D eigenvalue weighted by molar-refractivity contribution is 0.102. The van der Waals surface area contributed by atoms with Crippen molar-refractivity contribution in [3.63, 3.8) is 0 Å². The molecule has 0 bridgehead atoms. The fourth-order valence-electron chi connectivity index (χ4n) is 4.00. The number of carbonyl (C=O) groups is 1. The van der Waals surface area contributed by atoms with Crippen molar-refractivity contribution in [3.05, 3.63) is 42.2 Å². The van der Waals surface area contributed by atoms with Crippen LogP contribution in [0.25, 0.3) is 0 Å². The summed E-state index contributed by atoms with van der Waals surface area (Å²) in [5.74, 6) is 0.471. The highest BCUT2D eigenvalue weighted by atomic mass is 16.1. The van der Waals surface area contributed by atoms with E-state index < -0.39 is 0 Å². The quantitative estimate of drug-likeness (QED) is 0.867. The van der Waals surface area contributed by atoms with Gasteiger partial charge in [0.15, 0.2) is 0 Å². The summed E-state index contributed by atoms with van der Waals surface area (Å²) in [6.07, 6.45) is 10.3. The van der Waals surface area contributed by atoms with Gasteiger partial charge in [0, 0.05) is 43.8 Å². The number of piperidine rings is 1. The molecule has 6 heteroatoms. The van der Waals surface area contributed by atoms with Gasteiger partial charge in [0.25, 0.3) is 5.91 Å².